The number of hydrogen-bond donors (Lipinski definition) is 0. The molecule has 24 heavy (non-hydrogen) atoms. The van der Waals surface area contributed by atoms with Crippen molar-refractivity contribution in [3.05, 3.63) is 17.8 Å². The molecule has 0 spiro atoms. The second-order valence-corrected chi connectivity index (χ2v) is 8.80. The zero-order valence-electron chi connectivity index (χ0n) is 14.2. The number of oxazole rings is 1. The van der Waals surface area contributed by atoms with Gasteiger partial charge in [-0.05, 0) is 19.3 Å². The average Bonchev–Trinajstić information content (AvgIpc) is 3.09. The summed E-state index contributed by atoms with van der Waals surface area (Å²) < 4.78 is 36.0. The Balaban J connectivity index is 1.81. The Morgan fingerprint density at radius 1 is 1.50 bits per heavy atom. The number of piperidine rings is 1. The van der Waals surface area contributed by atoms with Crippen LogP contribution in [0.3, 0.4) is 0 Å². The summed E-state index contributed by atoms with van der Waals surface area (Å²) in [4.78, 5) is 18.3. The second kappa shape index (κ2) is 6.12. The first kappa shape index (κ1) is 17.4. The van der Waals surface area contributed by atoms with E-state index >= 15 is 0 Å². The van der Waals surface area contributed by atoms with Crippen molar-refractivity contribution in [2.75, 3.05) is 46.2 Å². The van der Waals surface area contributed by atoms with E-state index in [1.54, 1.807) is 18.9 Å². The van der Waals surface area contributed by atoms with Crippen LogP contribution >= 0.6 is 0 Å². The highest BCUT2D eigenvalue weighted by Gasteiger charge is 2.52. The predicted molar refractivity (Wildman–Crippen MR) is 86.0 cm³/mol. The number of hydrogen-bond acceptors (Lipinski definition) is 6. The van der Waals surface area contributed by atoms with Crippen LogP contribution in [0.1, 0.15) is 22.7 Å². The number of aromatic nitrogens is 1. The van der Waals surface area contributed by atoms with Gasteiger partial charge in [0.2, 0.25) is 15.8 Å². The fourth-order valence-corrected chi connectivity index (χ4v) is 4.79. The zero-order chi connectivity index (χ0) is 17.5. The number of aryl methyl sites for hydroxylation is 1. The SMILES string of the molecule is COCC12CCN(C(=O)c3ocnc3C)CC1CN(S(C)(=O)=O)C2. The van der Waals surface area contributed by atoms with Crippen molar-refractivity contribution < 1.29 is 22.4 Å². The van der Waals surface area contributed by atoms with Gasteiger partial charge in [0.1, 0.15) is 0 Å². The molecule has 0 aromatic carbocycles. The maximum atomic E-state index is 12.6. The normalized spacial score (nSPS) is 28.1. The van der Waals surface area contributed by atoms with E-state index in [9.17, 15) is 13.2 Å². The van der Waals surface area contributed by atoms with Gasteiger partial charge in [0.05, 0.1) is 18.6 Å². The lowest BCUT2D eigenvalue weighted by Crippen LogP contribution is -2.50. The summed E-state index contributed by atoms with van der Waals surface area (Å²) in [6.07, 6.45) is 3.20. The topological polar surface area (TPSA) is 92.9 Å². The summed E-state index contributed by atoms with van der Waals surface area (Å²) in [5.74, 6) is 0.120. The molecule has 134 valence electrons. The second-order valence-electron chi connectivity index (χ2n) is 6.82. The molecule has 2 fully saturated rings. The highest BCUT2D eigenvalue weighted by atomic mass is 32.2. The standard InChI is InChI=1S/C15H23N3O5S/c1-11-13(23-10-16-11)14(19)17-5-4-15(9-22-2)8-18(24(3,20)21)7-12(15)6-17/h10,12H,4-9H2,1-3H3. The first-order valence-corrected chi connectivity index (χ1v) is 9.75. The Labute approximate surface area is 141 Å². The van der Waals surface area contributed by atoms with E-state index in [4.69, 9.17) is 9.15 Å². The molecule has 3 rings (SSSR count). The van der Waals surface area contributed by atoms with Crippen molar-refractivity contribution in [2.45, 2.75) is 13.3 Å². The molecule has 2 aliphatic heterocycles. The molecule has 1 aromatic heterocycles. The Hall–Kier alpha value is -1.45. The number of carbonyl (C=O) groups excluding carboxylic acids is 1. The number of fused-ring (bicyclic) bond motifs is 1. The summed E-state index contributed by atoms with van der Waals surface area (Å²) in [6.45, 7) is 4.14. The number of methoxy groups -OCH3 is 1. The molecule has 1 amide bonds. The quantitative estimate of drug-likeness (QED) is 0.772. The third-order valence-corrected chi connectivity index (χ3v) is 6.45. The molecule has 2 atom stereocenters. The molecule has 0 bridgehead atoms. The minimum Gasteiger partial charge on any atom is -0.438 e. The van der Waals surface area contributed by atoms with E-state index in [0.717, 1.165) is 0 Å². The third kappa shape index (κ3) is 2.96. The van der Waals surface area contributed by atoms with Crippen molar-refractivity contribution in [3.63, 3.8) is 0 Å². The fraction of sp³-hybridized carbons (Fsp3) is 0.733. The molecule has 2 aliphatic rings. The first-order valence-electron chi connectivity index (χ1n) is 7.90. The summed E-state index contributed by atoms with van der Waals surface area (Å²) in [5.41, 5.74) is 0.336. The molecular weight excluding hydrogens is 334 g/mol. The smallest absolute Gasteiger partial charge is 0.291 e. The van der Waals surface area contributed by atoms with Gasteiger partial charge in [-0.25, -0.2) is 17.7 Å². The van der Waals surface area contributed by atoms with E-state index in [0.29, 0.717) is 44.9 Å². The van der Waals surface area contributed by atoms with Crippen LogP contribution in [-0.4, -0.2) is 74.7 Å². The fourth-order valence-electron chi connectivity index (χ4n) is 3.84. The maximum Gasteiger partial charge on any atom is 0.291 e. The van der Waals surface area contributed by atoms with Crippen LogP contribution in [0.5, 0.6) is 0 Å². The molecule has 1 aromatic rings. The van der Waals surface area contributed by atoms with Gasteiger partial charge in [-0.2, -0.15) is 0 Å². The van der Waals surface area contributed by atoms with E-state index in [2.05, 4.69) is 4.98 Å². The van der Waals surface area contributed by atoms with Crippen LogP contribution in [0.15, 0.2) is 10.8 Å². The number of ether oxygens (including phenoxy) is 1. The number of carbonyl (C=O) groups is 1. The van der Waals surface area contributed by atoms with Crippen LogP contribution in [-0.2, 0) is 14.8 Å². The molecular formula is C15H23N3O5S. The van der Waals surface area contributed by atoms with Crippen LogP contribution in [0.4, 0.5) is 0 Å². The van der Waals surface area contributed by atoms with Gasteiger partial charge in [0.25, 0.3) is 5.91 Å². The summed E-state index contributed by atoms with van der Waals surface area (Å²) in [6, 6.07) is 0. The first-order chi connectivity index (χ1) is 11.3. The van der Waals surface area contributed by atoms with Gasteiger partial charge in [-0.3, -0.25) is 4.79 Å². The minimum absolute atomic E-state index is 0.0492. The van der Waals surface area contributed by atoms with Crippen LogP contribution in [0.25, 0.3) is 0 Å². The van der Waals surface area contributed by atoms with Crippen molar-refractivity contribution in [1.82, 2.24) is 14.2 Å². The van der Waals surface area contributed by atoms with E-state index in [1.807, 2.05) is 0 Å². The molecule has 2 unspecified atom stereocenters. The van der Waals surface area contributed by atoms with E-state index in [1.165, 1.54) is 17.0 Å². The Morgan fingerprint density at radius 3 is 2.83 bits per heavy atom. The third-order valence-electron chi connectivity index (χ3n) is 5.23. The monoisotopic (exact) mass is 357 g/mol. The van der Waals surface area contributed by atoms with E-state index < -0.39 is 10.0 Å². The molecule has 3 heterocycles. The lowest BCUT2D eigenvalue weighted by molar-refractivity contribution is 0.00238. The zero-order valence-corrected chi connectivity index (χ0v) is 15.0. The molecule has 8 nitrogen and oxygen atoms in total. The minimum atomic E-state index is -3.26. The number of nitrogens with zero attached hydrogens (tertiary/aromatic N) is 3. The maximum absolute atomic E-state index is 12.6. The highest BCUT2D eigenvalue weighted by molar-refractivity contribution is 7.88. The Bertz CT molecular complexity index is 731. The number of rotatable bonds is 4. The predicted octanol–water partition coefficient (Wildman–Crippen LogP) is 0.353. The van der Waals surface area contributed by atoms with Crippen molar-refractivity contribution in [1.29, 1.82) is 0 Å². The molecule has 9 heteroatoms. The summed E-state index contributed by atoms with van der Waals surface area (Å²) in [7, 11) is -1.63. The molecule has 0 saturated carbocycles. The molecule has 0 radical (unpaired) electrons. The van der Waals surface area contributed by atoms with Crippen LogP contribution in [0.2, 0.25) is 0 Å². The molecule has 0 N–H and O–H groups in total. The lowest BCUT2D eigenvalue weighted by atomic mass is 9.73. The molecule has 2 saturated heterocycles. The summed E-state index contributed by atoms with van der Waals surface area (Å²) >= 11 is 0. The number of amides is 1. The Kier molecular flexibility index (Phi) is 4.43. The van der Waals surface area contributed by atoms with Crippen LogP contribution < -0.4 is 0 Å². The number of likely N-dealkylation sites (tertiary alicyclic amines) is 1. The van der Waals surface area contributed by atoms with Crippen LogP contribution in [0, 0.1) is 18.3 Å². The van der Waals surface area contributed by atoms with Crippen molar-refractivity contribution in [3.8, 4) is 0 Å². The van der Waals surface area contributed by atoms with Gasteiger partial charge in [-0.15, -0.1) is 0 Å². The highest BCUT2D eigenvalue weighted by Crippen LogP contribution is 2.44. The van der Waals surface area contributed by atoms with Crippen molar-refractivity contribution in [2.24, 2.45) is 11.3 Å². The van der Waals surface area contributed by atoms with Gasteiger partial charge < -0.3 is 14.1 Å². The van der Waals surface area contributed by atoms with Gasteiger partial charge in [-0.1, -0.05) is 0 Å². The average molecular weight is 357 g/mol. The number of sulfonamides is 1. The molecule has 0 aliphatic carbocycles. The Morgan fingerprint density at radius 2 is 2.25 bits per heavy atom. The summed E-state index contributed by atoms with van der Waals surface area (Å²) in [5, 5.41) is 0. The van der Waals surface area contributed by atoms with Crippen molar-refractivity contribution >= 4 is 15.9 Å². The van der Waals surface area contributed by atoms with E-state index in [-0.39, 0.29) is 23.0 Å². The lowest BCUT2D eigenvalue weighted by Gasteiger charge is -2.42. The largest absolute Gasteiger partial charge is 0.438 e. The van der Waals surface area contributed by atoms with Gasteiger partial charge in [0, 0.05) is 38.7 Å². The van der Waals surface area contributed by atoms with Gasteiger partial charge >= 0.3 is 0 Å². The van der Waals surface area contributed by atoms with Gasteiger partial charge in [0.15, 0.2) is 6.39 Å².